The fraction of sp³-hybridized carbons (Fsp3) is 0.688. The lowest BCUT2D eigenvalue weighted by Gasteiger charge is -2.36. The van der Waals surface area contributed by atoms with Crippen LogP contribution in [0, 0.1) is 0 Å². The Kier molecular flexibility index (Phi) is 7.27. The van der Waals surface area contributed by atoms with Crippen molar-refractivity contribution < 1.29 is 23.0 Å². The molecule has 6 nitrogen and oxygen atoms in total. The molecule has 1 fully saturated rings. The number of pyridine rings is 1. The van der Waals surface area contributed by atoms with Crippen molar-refractivity contribution in [1.82, 2.24) is 15.2 Å². The van der Waals surface area contributed by atoms with Crippen LogP contribution in [0.5, 0.6) is 5.88 Å². The molecule has 0 aliphatic carbocycles. The van der Waals surface area contributed by atoms with Gasteiger partial charge in [0.25, 0.3) is 0 Å². The van der Waals surface area contributed by atoms with Crippen molar-refractivity contribution in [3.8, 4) is 5.88 Å². The third-order valence-electron chi connectivity index (χ3n) is 4.10. The number of anilines is 1. The van der Waals surface area contributed by atoms with E-state index in [4.69, 9.17) is 9.84 Å². The van der Waals surface area contributed by atoms with Gasteiger partial charge in [-0.2, -0.15) is 13.2 Å². The van der Waals surface area contributed by atoms with E-state index in [0.717, 1.165) is 32.2 Å². The number of aliphatic hydroxyl groups is 1. The number of nitrogens with zero attached hydrogens (tertiary/aromatic N) is 3. The average Bonchev–Trinajstić information content (AvgIpc) is 2.60. The van der Waals surface area contributed by atoms with Gasteiger partial charge in [-0.05, 0) is 13.1 Å². The van der Waals surface area contributed by atoms with Gasteiger partial charge in [-0.1, -0.05) is 0 Å². The highest BCUT2D eigenvalue weighted by atomic mass is 19.4. The number of ether oxygens (including phenoxy) is 1. The van der Waals surface area contributed by atoms with Crippen LogP contribution in [0.4, 0.5) is 18.9 Å². The van der Waals surface area contributed by atoms with Crippen molar-refractivity contribution in [1.29, 1.82) is 0 Å². The molecule has 2 rings (SSSR count). The van der Waals surface area contributed by atoms with E-state index in [0.29, 0.717) is 18.8 Å². The summed E-state index contributed by atoms with van der Waals surface area (Å²) in [7, 11) is 1.89. The summed E-state index contributed by atoms with van der Waals surface area (Å²) in [4.78, 5) is 8.06. The Morgan fingerprint density at radius 3 is 2.60 bits per heavy atom. The van der Waals surface area contributed by atoms with Gasteiger partial charge in [0.05, 0.1) is 18.5 Å². The number of nitrogens with one attached hydrogen (secondary N) is 1. The predicted octanol–water partition coefficient (Wildman–Crippen LogP) is 1.20. The highest BCUT2D eigenvalue weighted by molar-refractivity contribution is 5.50. The van der Waals surface area contributed by atoms with Gasteiger partial charge in [0.1, 0.15) is 5.56 Å². The number of hydrogen-bond donors (Lipinski definition) is 2. The first-order chi connectivity index (χ1) is 12.0. The predicted molar refractivity (Wildman–Crippen MR) is 89.0 cm³/mol. The van der Waals surface area contributed by atoms with Crippen LogP contribution < -0.4 is 15.0 Å². The molecule has 0 aromatic carbocycles. The Hall–Kier alpha value is -1.58. The highest BCUT2D eigenvalue weighted by Gasteiger charge is 2.36. The topological polar surface area (TPSA) is 60.9 Å². The third-order valence-corrected chi connectivity index (χ3v) is 4.10. The SMILES string of the molecule is CNCCN1CCN(c2cnc(OCCCO)c(C(F)(F)F)c2)CC1. The van der Waals surface area contributed by atoms with Crippen LogP contribution in [0.15, 0.2) is 12.3 Å². The number of hydrogen-bond acceptors (Lipinski definition) is 6. The van der Waals surface area contributed by atoms with E-state index in [-0.39, 0.29) is 19.6 Å². The fourth-order valence-electron chi connectivity index (χ4n) is 2.67. The maximum Gasteiger partial charge on any atom is 0.421 e. The van der Waals surface area contributed by atoms with Crippen molar-refractivity contribution in [3.05, 3.63) is 17.8 Å². The molecule has 0 unspecified atom stereocenters. The molecule has 25 heavy (non-hydrogen) atoms. The van der Waals surface area contributed by atoms with E-state index in [1.807, 2.05) is 11.9 Å². The Morgan fingerprint density at radius 1 is 1.28 bits per heavy atom. The van der Waals surface area contributed by atoms with Crippen molar-refractivity contribution in [2.75, 3.05) is 64.4 Å². The number of aromatic nitrogens is 1. The van der Waals surface area contributed by atoms with Crippen molar-refractivity contribution in [2.24, 2.45) is 0 Å². The van der Waals surface area contributed by atoms with Crippen LogP contribution in [0.1, 0.15) is 12.0 Å². The second-order valence-corrected chi connectivity index (χ2v) is 5.90. The average molecular weight is 362 g/mol. The molecule has 1 saturated heterocycles. The zero-order valence-electron chi connectivity index (χ0n) is 14.3. The van der Waals surface area contributed by atoms with Gasteiger partial charge in [-0.25, -0.2) is 4.98 Å². The quantitative estimate of drug-likeness (QED) is 0.678. The Bertz CT molecular complexity index is 535. The fourth-order valence-corrected chi connectivity index (χ4v) is 2.67. The van der Waals surface area contributed by atoms with Crippen molar-refractivity contribution in [3.63, 3.8) is 0 Å². The molecular weight excluding hydrogens is 337 g/mol. The van der Waals surface area contributed by atoms with E-state index in [1.165, 1.54) is 6.20 Å². The number of alkyl halides is 3. The molecule has 0 amide bonds. The summed E-state index contributed by atoms with van der Waals surface area (Å²) >= 11 is 0. The van der Waals surface area contributed by atoms with Gasteiger partial charge < -0.3 is 20.1 Å². The highest BCUT2D eigenvalue weighted by Crippen LogP contribution is 2.37. The first-order valence-corrected chi connectivity index (χ1v) is 8.38. The number of aliphatic hydroxyl groups excluding tert-OH is 1. The number of halogens is 3. The summed E-state index contributed by atoms with van der Waals surface area (Å²) in [6, 6.07) is 1.10. The maximum absolute atomic E-state index is 13.3. The monoisotopic (exact) mass is 362 g/mol. The van der Waals surface area contributed by atoms with Crippen LogP contribution >= 0.6 is 0 Å². The second-order valence-electron chi connectivity index (χ2n) is 5.90. The molecule has 1 aromatic rings. The van der Waals surface area contributed by atoms with Gasteiger partial charge in [0.2, 0.25) is 5.88 Å². The molecule has 0 bridgehead atoms. The molecule has 2 heterocycles. The molecule has 0 spiro atoms. The van der Waals surface area contributed by atoms with Crippen LogP contribution in [0.25, 0.3) is 0 Å². The zero-order chi connectivity index (χ0) is 18.3. The van der Waals surface area contributed by atoms with E-state index >= 15 is 0 Å². The summed E-state index contributed by atoms with van der Waals surface area (Å²) in [5, 5.41) is 11.8. The molecule has 1 aliphatic rings. The lowest BCUT2D eigenvalue weighted by atomic mass is 10.2. The van der Waals surface area contributed by atoms with Gasteiger partial charge in [-0.15, -0.1) is 0 Å². The Morgan fingerprint density at radius 2 is 2.00 bits per heavy atom. The van der Waals surface area contributed by atoms with Crippen molar-refractivity contribution >= 4 is 5.69 Å². The molecule has 9 heteroatoms. The molecular formula is C16H25F3N4O2. The Balaban J connectivity index is 2.06. The van der Waals surface area contributed by atoms with Gasteiger partial charge in [0.15, 0.2) is 0 Å². The number of rotatable bonds is 8. The van der Waals surface area contributed by atoms with Crippen LogP contribution in [0.3, 0.4) is 0 Å². The van der Waals surface area contributed by atoms with Gasteiger partial charge in [0, 0.05) is 52.3 Å². The minimum Gasteiger partial charge on any atom is -0.477 e. The maximum atomic E-state index is 13.3. The van der Waals surface area contributed by atoms with E-state index in [9.17, 15) is 13.2 Å². The first-order valence-electron chi connectivity index (χ1n) is 8.38. The summed E-state index contributed by atoms with van der Waals surface area (Å²) in [5.41, 5.74) is -0.421. The van der Waals surface area contributed by atoms with Crippen LogP contribution in [-0.2, 0) is 6.18 Å². The smallest absolute Gasteiger partial charge is 0.421 e. The molecule has 0 saturated carbocycles. The largest absolute Gasteiger partial charge is 0.477 e. The molecule has 0 radical (unpaired) electrons. The standard InChI is InChI=1S/C16H25F3N4O2/c1-20-3-4-22-5-7-23(8-6-22)13-11-14(16(17,18)19)15(21-12-13)25-10-2-9-24/h11-12,20,24H,2-10H2,1H3. The molecule has 1 aromatic heterocycles. The summed E-state index contributed by atoms with van der Waals surface area (Å²) in [5.74, 6) is -0.433. The van der Waals surface area contributed by atoms with Crippen LogP contribution in [0.2, 0.25) is 0 Å². The summed E-state index contributed by atoms with van der Waals surface area (Å²) < 4.78 is 45.0. The van der Waals surface area contributed by atoms with E-state index < -0.39 is 17.6 Å². The zero-order valence-corrected chi connectivity index (χ0v) is 14.3. The third kappa shape index (κ3) is 5.72. The molecule has 0 atom stereocenters. The normalized spacial score (nSPS) is 16.3. The minimum atomic E-state index is -4.54. The minimum absolute atomic E-state index is 0.00390. The van der Waals surface area contributed by atoms with Crippen LogP contribution in [-0.4, -0.2) is 74.5 Å². The van der Waals surface area contributed by atoms with Crippen molar-refractivity contribution in [2.45, 2.75) is 12.6 Å². The molecule has 2 N–H and O–H groups in total. The van der Waals surface area contributed by atoms with E-state index in [1.54, 1.807) is 0 Å². The molecule has 1 aliphatic heterocycles. The van der Waals surface area contributed by atoms with E-state index in [2.05, 4.69) is 15.2 Å². The number of likely N-dealkylation sites (N-methyl/N-ethyl adjacent to an activating group) is 1. The summed E-state index contributed by atoms with van der Waals surface area (Å²) in [6.07, 6.45) is -2.85. The van der Waals surface area contributed by atoms with Gasteiger partial charge in [-0.3, -0.25) is 4.90 Å². The number of piperazine rings is 1. The Labute approximate surface area is 145 Å². The summed E-state index contributed by atoms with van der Waals surface area (Å²) in [6.45, 7) is 4.59. The van der Waals surface area contributed by atoms with Gasteiger partial charge >= 0.3 is 6.18 Å². The second kappa shape index (κ2) is 9.21. The lowest BCUT2D eigenvalue weighted by molar-refractivity contribution is -0.139. The first kappa shape index (κ1) is 19.7. The molecule has 142 valence electrons. The lowest BCUT2D eigenvalue weighted by Crippen LogP contribution is -2.48.